The highest BCUT2D eigenvalue weighted by molar-refractivity contribution is 6.36. The predicted octanol–water partition coefficient (Wildman–Crippen LogP) is 3.00. The van der Waals surface area contributed by atoms with Crippen LogP contribution < -0.4 is 10.9 Å². The van der Waals surface area contributed by atoms with Crippen molar-refractivity contribution >= 4 is 57.7 Å². The Kier molecular flexibility index (Phi) is 11.5. The van der Waals surface area contributed by atoms with E-state index in [1.165, 1.54) is 67.6 Å². The van der Waals surface area contributed by atoms with Gasteiger partial charge in [0.05, 0.1) is 23.7 Å². The van der Waals surface area contributed by atoms with Crippen molar-refractivity contribution in [3.05, 3.63) is 117 Å². The van der Waals surface area contributed by atoms with Crippen LogP contribution in [0.25, 0.3) is 11.0 Å². The number of hydrogen-bond acceptors (Lipinski definition) is 18. The Hall–Kier alpha value is -6.45. The molecule has 2 saturated heterocycles. The van der Waals surface area contributed by atoms with E-state index in [2.05, 4.69) is 5.32 Å². The van der Waals surface area contributed by atoms with Crippen molar-refractivity contribution in [3.63, 3.8) is 0 Å². The monoisotopic (exact) mass is 931 g/mol. The van der Waals surface area contributed by atoms with Crippen molar-refractivity contribution in [2.24, 2.45) is 0 Å². The van der Waals surface area contributed by atoms with E-state index in [-0.39, 0.29) is 51.3 Å². The van der Waals surface area contributed by atoms with Gasteiger partial charge in [0.25, 0.3) is 0 Å². The highest BCUT2D eigenvalue weighted by Gasteiger charge is 2.96. The topological polar surface area (TPSA) is 309 Å². The number of aliphatic hydroxyl groups excluding tert-OH is 2. The summed E-state index contributed by atoms with van der Waals surface area (Å²) in [6.07, 6.45) is 2.51. The van der Waals surface area contributed by atoms with E-state index in [0.717, 1.165) is 25.2 Å². The van der Waals surface area contributed by atoms with E-state index in [1.54, 1.807) is 6.92 Å². The lowest BCUT2D eigenvalue weighted by atomic mass is 9.50. The van der Waals surface area contributed by atoms with E-state index in [9.17, 15) is 64.5 Å². The number of amides is 1. The average molecular weight is 932 g/mol. The van der Waals surface area contributed by atoms with Crippen LogP contribution in [0.2, 0.25) is 5.02 Å². The molecular weight excluding hydrogens is 890 g/mol. The lowest BCUT2D eigenvalue weighted by Crippen LogP contribution is -2.78. The first kappa shape index (κ1) is 46.1. The highest BCUT2D eigenvalue weighted by Crippen LogP contribution is 2.74. The Morgan fingerprint density at radius 2 is 1.61 bits per heavy atom. The van der Waals surface area contributed by atoms with Gasteiger partial charge in [-0.1, -0.05) is 65.8 Å². The molecule has 0 unspecified atom stereocenters. The fourth-order valence-electron chi connectivity index (χ4n) is 9.78. The Bertz CT molecular complexity index is 2840. The molecule has 8 N–H and O–H groups in total. The third kappa shape index (κ3) is 6.88. The molecule has 66 heavy (non-hydrogen) atoms. The maximum absolute atomic E-state index is 14.4. The van der Waals surface area contributed by atoms with Crippen LogP contribution in [0.1, 0.15) is 73.7 Å². The summed E-state index contributed by atoms with van der Waals surface area (Å²) in [5, 5.41) is 80.8. The van der Waals surface area contributed by atoms with Gasteiger partial charge in [-0.3, -0.25) is 19.2 Å². The van der Waals surface area contributed by atoms with Gasteiger partial charge in [0, 0.05) is 55.0 Å². The molecule has 0 bridgehead atoms. The molecule has 2 aliphatic heterocycles. The maximum atomic E-state index is 14.4. The minimum absolute atomic E-state index is 0.00805. The fraction of sp³-hybridized carbons (Fsp3) is 0.348. The number of ketones is 2. The van der Waals surface area contributed by atoms with Crippen LogP contribution in [0.15, 0.2) is 93.7 Å². The number of nitrogens with one attached hydrogen (secondary N) is 1. The molecular formula is C46H42ClNO18. The summed E-state index contributed by atoms with van der Waals surface area (Å²) in [6.45, 7) is 4.23. The summed E-state index contributed by atoms with van der Waals surface area (Å²) in [6, 6.07) is 4.95. The number of aromatic hydroxyl groups is 3. The van der Waals surface area contributed by atoms with Gasteiger partial charge in [-0.15, -0.1) is 0 Å². The number of epoxide rings is 1. The number of Topliss-reactive ketones (excluding diaryl/α,β-unsaturated/α-hetero) is 1. The molecule has 19 nitrogen and oxygen atoms in total. The Balaban J connectivity index is 0.943. The summed E-state index contributed by atoms with van der Waals surface area (Å²) >= 11 is 5.94. The third-order valence-electron chi connectivity index (χ3n) is 12.7. The van der Waals surface area contributed by atoms with Gasteiger partial charge < -0.3 is 64.4 Å². The summed E-state index contributed by atoms with van der Waals surface area (Å²) in [7, 11) is 0. The first-order valence-corrected chi connectivity index (χ1v) is 20.8. The number of hydrogen-bond donors (Lipinski definition) is 8. The Morgan fingerprint density at radius 1 is 0.924 bits per heavy atom. The van der Waals surface area contributed by atoms with Crippen LogP contribution in [-0.2, 0) is 38.1 Å². The number of phenolic OH excluding ortho intramolecular Hbond substituents is 2. The molecule has 3 fully saturated rings. The summed E-state index contributed by atoms with van der Waals surface area (Å²) < 4.78 is 28.2. The van der Waals surface area contributed by atoms with E-state index < -0.39 is 118 Å². The number of anilines is 1. The molecule has 0 radical (unpaired) electrons. The molecule has 8 rings (SSSR count). The van der Waals surface area contributed by atoms with Gasteiger partial charge in [0.2, 0.25) is 17.3 Å². The Labute approximate surface area is 378 Å². The van der Waals surface area contributed by atoms with Gasteiger partial charge in [-0.25, -0.2) is 9.59 Å². The first-order valence-electron chi connectivity index (χ1n) is 20.5. The lowest BCUT2D eigenvalue weighted by Gasteiger charge is -2.54. The van der Waals surface area contributed by atoms with E-state index >= 15 is 0 Å². The number of phenols is 2. The van der Waals surface area contributed by atoms with Crippen molar-refractivity contribution in [2.75, 3.05) is 5.32 Å². The first-order chi connectivity index (χ1) is 31.1. The SMILES string of the molecule is CC(=O)O[C@@H]1[C@@H](C)O[C@@H](c2ccc3c(c2O)[C@H](O)[C@]24O[C@@]2(C3=O)[C@@]2(O)C(=O)C=C(C)C[C@@]2(O)C[C@H]4O)C[C@H]1OC(=O)/C=C/C=C/C=C/C=C/C(=O)Nc1c(O)c2ccc(O)c(Cl)c2oc1=O. The van der Waals surface area contributed by atoms with E-state index in [1.807, 2.05) is 0 Å². The molecule has 0 spiro atoms. The number of carbonyl (C=O) groups is 5. The predicted molar refractivity (Wildman–Crippen MR) is 227 cm³/mol. The summed E-state index contributed by atoms with van der Waals surface area (Å²) in [5.41, 5.74) is -12.3. The lowest BCUT2D eigenvalue weighted by molar-refractivity contribution is -0.210. The molecule has 1 amide bonds. The zero-order valence-electron chi connectivity index (χ0n) is 35.1. The second-order valence-electron chi connectivity index (χ2n) is 16.7. The van der Waals surface area contributed by atoms with Crippen LogP contribution in [0.5, 0.6) is 17.2 Å². The summed E-state index contributed by atoms with van der Waals surface area (Å²) in [4.78, 5) is 77.7. The third-order valence-corrected chi connectivity index (χ3v) is 13.0. The van der Waals surface area contributed by atoms with Crippen molar-refractivity contribution < 1.29 is 83.1 Å². The quantitative estimate of drug-likeness (QED) is 0.0503. The van der Waals surface area contributed by atoms with Crippen LogP contribution >= 0.6 is 11.6 Å². The van der Waals surface area contributed by atoms with Crippen molar-refractivity contribution in [1.29, 1.82) is 0 Å². The zero-order chi connectivity index (χ0) is 47.8. The van der Waals surface area contributed by atoms with Gasteiger partial charge in [-0.05, 0) is 32.1 Å². The second-order valence-corrected chi connectivity index (χ2v) is 17.1. The van der Waals surface area contributed by atoms with Gasteiger partial charge in [0.1, 0.15) is 34.3 Å². The number of rotatable bonds is 9. The molecule has 1 aromatic heterocycles. The number of aliphatic hydroxyl groups is 4. The number of allylic oxidation sites excluding steroid dienone is 6. The number of benzene rings is 2. The van der Waals surface area contributed by atoms with Crippen LogP contribution in [0.4, 0.5) is 5.69 Å². The average Bonchev–Trinajstić information content (AvgIpc) is 3.98. The molecule has 3 aromatic rings. The number of carbonyl (C=O) groups excluding carboxylic acids is 5. The smallest absolute Gasteiger partial charge is 0.364 e. The number of esters is 2. The largest absolute Gasteiger partial charge is 0.507 e. The minimum Gasteiger partial charge on any atom is -0.507 e. The number of ether oxygens (including phenoxy) is 4. The van der Waals surface area contributed by atoms with Gasteiger partial charge >= 0.3 is 17.6 Å². The minimum atomic E-state index is -2.88. The van der Waals surface area contributed by atoms with Gasteiger partial charge in [0.15, 0.2) is 40.1 Å². The van der Waals surface area contributed by atoms with Crippen LogP contribution in [0.3, 0.4) is 0 Å². The van der Waals surface area contributed by atoms with Crippen molar-refractivity contribution in [2.45, 2.75) is 99.1 Å². The Morgan fingerprint density at radius 3 is 2.30 bits per heavy atom. The van der Waals surface area contributed by atoms with Crippen molar-refractivity contribution in [1.82, 2.24) is 0 Å². The summed E-state index contributed by atoms with van der Waals surface area (Å²) in [5.74, 6) is -6.08. The van der Waals surface area contributed by atoms with Gasteiger partial charge in [-0.2, -0.15) is 0 Å². The molecule has 1 saturated carbocycles. The zero-order valence-corrected chi connectivity index (χ0v) is 35.8. The van der Waals surface area contributed by atoms with E-state index in [0.29, 0.717) is 5.57 Å². The van der Waals surface area contributed by atoms with E-state index in [4.69, 9.17) is 35.0 Å². The standard InChI is InChI=1S/C46H42ClNO18/c1-20-16-29(51)45(61)43(60,18-20)19-30(52)44-41(58)33-24(40(57)46(44,45)66-44)13-12-23(36(33)55)27-17-28(38(21(2)62-27)63-22(3)49)64-32(54)11-9-7-5-4-6-8-10-31(53)48-35-37(56)25-14-15-26(50)34(47)39(25)65-42(35)59/h4-16,21,27-28,30,38,41,50,52,55-56,58,60-61H,17-19H2,1-3H3,(H,48,53)/b6-4+,7-5+,10-8+,11-9+/t21-,27-,28-,30-,38-,41+,43-,44+,45-,46-/m1/s1. The molecule has 3 heterocycles. The molecule has 3 aliphatic carbocycles. The molecule has 20 heteroatoms. The normalized spacial score (nSPS) is 32.5. The molecule has 5 aliphatic rings. The molecule has 10 atom stereocenters. The molecule has 2 aromatic carbocycles. The van der Waals surface area contributed by atoms with Crippen LogP contribution in [-0.4, -0.2) is 112 Å². The van der Waals surface area contributed by atoms with Crippen molar-refractivity contribution in [3.8, 4) is 17.2 Å². The maximum Gasteiger partial charge on any atom is 0.364 e. The second kappa shape index (κ2) is 16.5. The highest BCUT2D eigenvalue weighted by atomic mass is 35.5. The molecule has 346 valence electrons. The number of fused-ring (bicyclic) bond motifs is 3. The fourth-order valence-corrected chi connectivity index (χ4v) is 9.99. The van der Waals surface area contributed by atoms with Crippen LogP contribution in [0, 0.1) is 0 Å². The number of halogens is 1.